The van der Waals surface area contributed by atoms with Gasteiger partial charge in [-0.25, -0.2) is 4.79 Å². The Morgan fingerprint density at radius 2 is 2.09 bits per heavy atom. The fourth-order valence-electron chi connectivity index (χ4n) is 0.579. The Morgan fingerprint density at radius 1 is 1.64 bits per heavy atom. The summed E-state index contributed by atoms with van der Waals surface area (Å²) in [5, 5.41) is 0. The highest BCUT2D eigenvalue weighted by Crippen LogP contribution is 2.12. The van der Waals surface area contributed by atoms with Crippen LogP contribution in [0.4, 0.5) is 0 Å². The van der Waals surface area contributed by atoms with E-state index in [1.165, 1.54) is 7.11 Å². The van der Waals surface area contributed by atoms with Gasteiger partial charge in [-0.1, -0.05) is 20.4 Å². The van der Waals surface area contributed by atoms with Crippen molar-refractivity contribution < 1.29 is 9.53 Å². The van der Waals surface area contributed by atoms with Crippen LogP contribution in [0.5, 0.6) is 0 Å². The highest BCUT2D eigenvalue weighted by atomic mass is 16.5. The second-order valence-corrected chi connectivity index (χ2v) is 2.33. The summed E-state index contributed by atoms with van der Waals surface area (Å²) in [4.78, 5) is 10.8. The molecule has 0 heterocycles. The molecule has 0 radical (unpaired) electrons. The SMILES string of the molecule is C=C(C(=O)OC)C(C)CC.N. The zero-order chi connectivity index (χ0) is 8.15. The molecule has 0 aromatic carbocycles. The molecule has 0 rings (SSSR count). The molecule has 0 aliphatic carbocycles. The first kappa shape index (κ1) is 12.8. The lowest BCUT2D eigenvalue weighted by Gasteiger charge is -2.08. The molecule has 0 bridgehead atoms. The average molecular weight is 159 g/mol. The zero-order valence-corrected chi connectivity index (χ0v) is 7.52. The molecule has 3 nitrogen and oxygen atoms in total. The number of esters is 1. The highest BCUT2D eigenvalue weighted by Gasteiger charge is 2.12. The number of carbonyl (C=O) groups is 1. The van der Waals surface area contributed by atoms with E-state index in [1.54, 1.807) is 0 Å². The second kappa shape index (κ2) is 5.92. The Bertz CT molecular complexity index is 143. The largest absolute Gasteiger partial charge is 0.466 e. The second-order valence-electron chi connectivity index (χ2n) is 2.33. The molecule has 3 N–H and O–H groups in total. The van der Waals surface area contributed by atoms with Gasteiger partial charge in [0.2, 0.25) is 0 Å². The molecule has 0 aliphatic rings. The first-order valence-electron chi connectivity index (χ1n) is 3.40. The van der Waals surface area contributed by atoms with Gasteiger partial charge in [-0.2, -0.15) is 0 Å². The van der Waals surface area contributed by atoms with Crippen molar-refractivity contribution in [3.05, 3.63) is 12.2 Å². The van der Waals surface area contributed by atoms with Crippen molar-refractivity contribution in [2.45, 2.75) is 20.3 Å². The van der Waals surface area contributed by atoms with Crippen molar-refractivity contribution in [2.75, 3.05) is 7.11 Å². The number of carbonyl (C=O) groups excluding carboxylic acids is 1. The molecule has 11 heavy (non-hydrogen) atoms. The van der Waals surface area contributed by atoms with E-state index in [9.17, 15) is 4.79 Å². The summed E-state index contributed by atoms with van der Waals surface area (Å²) >= 11 is 0. The quantitative estimate of drug-likeness (QED) is 0.505. The fourth-order valence-corrected chi connectivity index (χ4v) is 0.579. The van der Waals surface area contributed by atoms with E-state index in [4.69, 9.17) is 0 Å². The van der Waals surface area contributed by atoms with Gasteiger partial charge in [0.15, 0.2) is 0 Å². The Balaban J connectivity index is 0. The molecular weight excluding hydrogens is 142 g/mol. The van der Waals surface area contributed by atoms with Crippen molar-refractivity contribution >= 4 is 5.97 Å². The first-order chi connectivity index (χ1) is 4.63. The van der Waals surface area contributed by atoms with E-state index in [2.05, 4.69) is 11.3 Å². The van der Waals surface area contributed by atoms with E-state index in [-0.39, 0.29) is 18.0 Å². The Kier molecular flexibility index (Phi) is 6.89. The van der Waals surface area contributed by atoms with Crippen LogP contribution < -0.4 is 6.15 Å². The van der Waals surface area contributed by atoms with Crippen molar-refractivity contribution in [2.24, 2.45) is 5.92 Å². The third kappa shape index (κ3) is 3.78. The van der Waals surface area contributed by atoms with Crippen LogP contribution in [0.2, 0.25) is 0 Å². The van der Waals surface area contributed by atoms with E-state index in [0.29, 0.717) is 5.57 Å². The van der Waals surface area contributed by atoms with Crippen LogP contribution in [-0.4, -0.2) is 13.1 Å². The molecule has 0 saturated heterocycles. The van der Waals surface area contributed by atoms with Gasteiger partial charge in [0.25, 0.3) is 0 Å². The minimum absolute atomic E-state index is 0. The van der Waals surface area contributed by atoms with Crippen LogP contribution in [0, 0.1) is 5.92 Å². The maximum Gasteiger partial charge on any atom is 0.333 e. The molecular formula is C8H17NO2. The van der Waals surface area contributed by atoms with Gasteiger partial charge in [-0.05, 0) is 12.3 Å². The Labute approximate surface area is 68.0 Å². The minimum atomic E-state index is -0.297. The highest BCUT2D eigenvalue weighted by molar-refractivity contribution is 5.88. The lowest BCUT2D eigenvalue weighted by Crippen LogP contribution is -2.10. The number of ether oxygens (including phenoxy) is 1. The van der Waals surface area contributed by atoms with E-state index >= 15 is 0 Å². The molecule has 0 saturated carbocycles. The van der Waals surface area contributed by atoms with E-state index in [0.717, 1.165) is 6.42 Å². The molecule has 3 heteroatoms. The molecule has 66 valence electrons. The Morgan fingerprint density at radius 3 is 2.36 bits per heavy atom. The topological polar surface area (TPSA) is 61.3 Å². The normalized spacial score (nSPS) is 11.2. The van der Waals surface area contributed by atoms with E-state index in [1.807, 2.05) is 13.8 Å². The van der Waals surface area contributed by atoms with Gasteiger partial charge in [0.05, 0.1) is 7.11 Å². The summed E-state index contributed by atoms with van der Waals surface area (Å²) in [7, 11) is 1.37. The smallest absolute Gasteiger partial charge is 0.333 e. The molecule has 0 amide bonds. The predicted octanol–water partition coefficient (Wildman–Crippen LogP) is 1.92. The van der Waals surface area contributed by atoms with Crippen molar-refractivity contribution in [1.82, 2.24) is 6.15 Å². The lowest BCUT2D eigenvalue weighted by molar-refractivity contribution is -0.136. The zero-order valence-electron chi connectivity index (χ0n) is 7.52. The number of hydrogen-bond donors (Lipinski definition) is 1. The van der Waals surface area contributed by atoms with Crippen LogP contribution >= 0.6 is 0 Å². The van der Waals surface area contributed by atoms with Gasteiger partial charge in [0.1, 0.15) is 0 Å². The van der Waals surface area contributed by atoms with Crippen molar-refractivity contribution in [3.8, 4) is 0 Å². The third-order valence-corrected chi connectivity index (χ3v) is 1.65. The number of methoxy groups -OCH3 is 1. The third-order valence-electron chi connectivity index (χ3n) is 1.65. The van der Waals surface area contributed by atoms with Gasteiger partial charge >= 0.3 is 5.97 Å². The molecule has 0 aromatic rings. The van der Waals surface area contributed by atoms with Crippen LogP contribution in [-0.2, 0) is 9.53 Å². The Hall–Kier alpha value is -0.830. The van der Waals surface area contributed by atoms with Gasteiger partial charge in [-0.15, -0.1) is 0 Å². The summed E-state index contributed by atoms with van der Waals surface area (Å²) in [6.45, 7) is 7.59. The van der Waals surface area contributed by atoms with E-state index < -0.39 is 0 Å². The van der Waals surface area contributed by atoms with Crippen LogP contribution in [0.25, 0.3) is 0 Å². The van der Waals surface area contributed by atoms with Crippen LogP contribution in [0.15, 0.2) is 12.2 Å². The summed E-state index contributed by atoms with van der Waals surface area (Å²) in [5.41, 5.74) is 0.560. The predicted molar refractivity (Wildman–Crippen MR) is 45.6 cm³/mol. The fraction of sp³-hybridized carbons (Fsp3) is 0.625. The number of rotatable bonds is 3. The number of hydrogen-bond acceptors (Lipinski definition) is 3. The summed E-state index contributed by atoms with van der Waals surface area (Å²) in [6.07, 6.45) is 0.925. The molecule has 0 spiro atoms. The molecule has 0 aromatic heterocycles. The van der Waals surface area contributed by atoms with Gasteiger partial charge in [0, 0.05) is 5.57 Å². The molecule has 1 atom stereocenters. The molecule has 1 unspecified atom stereocenters. The lowest BCUT2D eigenvalue weighted by atomic mass is 10.0. The van der Waals surface area contributed by atoms with Crippen LogP contribution in [0.1, 0.15) is 20.3 Å². The maximum absolute atomic E-state index is 10.8. The molecule has 0 aliphatic heterocycles. The minimum Gasteiger partial charge on any atom is -0.466 e. The van der Waals surface area contributed by atoms with Gasteiger partial charge in [-0.3, -0.25) is 0 Å². The van der Waals surface area contributed by atoms with Crippen molar-refractivity contribution in [1.29, 1.82) is 0 Å². The first-order valence-corrected chi connectivity index (χ1v) is 3.40. The molecule has 0 fully saturated rings. The summed E-state index contributed by atoms with van der Waals surface area (Å²) in [5.74, 6) is -0.0678. The standard InChI is InChI=1S/C8H14O2.H3N/c1-5-6(2)7(3)8(9)10-4;/h6H,3,5H2,1-2,4H3;1H3. The monoisotopic (exact) mass is 159 g/mol. The van der Waals surface area contributed by atoms with Crippen LogP contribution in [0.3, 0.4) is 0 Å². The maximum atomic E-state index is 10.8. The van der Waals surface area contributed by atoms with Crippen molar-refractivity contribution in [3.63, 3.8) is 0 Å². The van der Waals surface area contributed by atoms with Gasteiger partial charge < -0.3 is 10.9 Å². The summed E-state index contributed by atoms with van der Waals surface area (Å²) < 4.78 is 4.50. The summed E-state index contributed by atoms with van der Waals surface area (Å²) in [6, 6.07) is 0. The average Bonchev–Trinajstić information content (AvgIpc) is 2.00.